The largest absolute Gasteiger partial charge is 0.308 e. The van der Waals surface area contributed by atoms with Crippen LogP contribution in [-0.2, 0) is 0 Å². The van der Waals surface area contributed by atoms with E-state index in [1.165, 1.54) is 64.9 Å². The molecule has 290 valence electrons. The molecule has 0 N–H and O–H groups in total. The van der Waals surface area contributed by atoms with E-state index < -0.39 is 0 Å². The van der Waals surface area contributed by atoms with Gasteiger partial charge in [-0.05, 0) is 70.1 Å². The molecule has 0 spiro atoms. The van der Waals surface area contributed by atoms with Crippen LogP contribution in [-0.4, -0.2) is 23.5 Å². The number of hydrogen-bond acceptors (Lipinski definition) is 2. The summed E-state index contributed by atoms with van der Waals surface area (Å²) >= 11 is 0. The van der Waals surface area contributed by atoms with Gasteiger partial charge in [0.2, 0.25) is 0 Å². The average molecular weight is 800 g/mol. The Balaban J connectivity index is 1.28. The zero-order valence-electron chi connectivity index (χ0n) is 33.8. The first kappa shape index (κ1) is 33.2. The molecule has 0 saturated carbocycles. The maximum absolute atomic E-state index is 5.83. The Morgan fingerprint density at radius 2 is 0.984 bits per heavy atom. The summed E-state index contributed by atoms with van der Waals surface area (Å²) in [4.78, 5) is 11.4. The van der Waals surface area contributed by atoms with Gasteiger partial charge in [-0.2, -0.15) is 0 Å². The number of nitrogens with zero attached hydrogens (tertiary/aromatic N) is 5. The van der Waals surface area contributed by atoms with E-state index in [9.17, 15) is 0 Å². The van der Waals surface area contributed by atoms with Crippen molar-refractivity contribution in [3.63, 3.8) is 0 Å². The highest BCUT2D eigenvalue weighted by atomic mass is 15.1. The Bertz CT molecular complexity index is 4420. The molecule has 0 bridgehead atoms. The first-order valence-corrected chi connectivity index (χ1v) is 21.6. The van der Waals surface area contributed by atoms with E-state index in [4.69, 9.17) is 9.97 Å². The summed E-state index contributed by atoms with van der Waals surface area (Å²) < 4.78 is 7.51. The predicted molar refractivity (Wildman–Crippen MR) is 263 cm³/mol. The van der Waals surface area contributed by atoms with Gasteiger partial charge in [-0.25, -0.2) is 9.97 Å². The molecule has 0 aliphatic rings. The zero-order chi connectivity index (χ0) is 40.9. The predicted octanol–water partition coefficient (Wildman–Crippen LogP) is 14.9. The van der Waals surface area contributed by atoms with Crippen molar-refractivity contribution >= 4 is 114 Å². The quantitative estimate of drug-likeness (QED) is 0.167. The van der Waals surface area contributed by atoms with Gasteiger partial charge < -0.3 is 8.97 Å². The number of rotatable bonds is 3. The number of benzene rings is 10. The van der Waals surface area contributed by atoms with Crippen molar-refractivity contribution in [2.45, 2.75) is 0 Å². The normalized spacial score (nSPS) is 12.4. The SMILES string of the molecule is c1ccc(-c2nc3ccc4ccccc4c3nc2-n2c3cccc4c5cccc6c7cc8ccccc8cc7n(c7cc8c9ccccc9n(-c9ccccc9)c8c2c7c43)c56)cc1. The summed E-state index contributed by atoms with van der Waals surface area (Å²) in [5.74, 6) is 0.799. The molecule has 5 heteroatoms. The van der Waals surface area contributed by atoms with E-state index >= 15 is 0 Å². The fourth-order valence-corrected chi connectivity index (χ4v) is 11.1. The van der Waals surface area contributed by atoms with E-state index in [2.05, 4.69) is 214 Å². The average Bonchev–Trinajstić information content (AvgIpc) is 3.96. The summed E-state index contributed by atoms with van der Waals surface area (Å²) in [5, 5.41) is 14.4. The van der Waals surface area contributed by atoms with Crippen molar-refractivity contribution in [1.29, 1.82) is 0 Å². The highest BCUT2D eigenvalue weighted by Gasteiger charge is 2.29. The number of hydrogen-bond donors (Lipinski definition) is 0. The minimum atomic E-state index is 0.799. The molecule has 0 fully saturated rings. The van der Waals surface area contributed by atoms with E-state index in [1.54, 1.807) is 0 Å². The van der Waals surface area contributed by atoms with Crippen LogP contribution in [0.2, 0.25) is 0 Å². The lowest BCUT2D eigenvalue weighted by molar-refractivity contribution is 1.08. The van der Waals surface area contributed by atoms with Gasteiger partial charge in [0.05, 0.1) is 49.7 Å². The molecule has 10 aromatic carbocycles. The van der Waals surface area contributed by atoms with Crippen LogP contribution in [0, 0.1) is 0 Å². The molecular weight excluding hydrogens is 767 g/mol. The highest BCUT2D eigenvalue weighted by molar-refractivity contribution is 6.36. The molecule has 0 atom stereocenters. The van der Waals surface area contributed by atoms with Crippen molar-refractivity contribution < 1.29 is 0 Å². The van der Waals surface area contributed by atoms with Crippen LogP contribution in [0.1, 0.15) is 0 Å². The second-order valence-electron chi connectivity index (χ2n) is 16.9. The van der Waals surface area contributed by atoms with E-state index in [0.29, 0.717) is 0 Å². The van der Waals surface area contributed by atoms with Crippen LogP contribution >= 0.6 is 0 Å². The number of aromatic nitrogens is 5. The Labute approximate surface area is 359 Å². The van der Waals surface area contributed by atoms with Crippen LogP contribution < -0.4 is 0 Å². The maximum Gasteiger partial charge on any atom is 0.165 e. The molecule has 5 nitrogen and oxygen atoms in total. The van der Waals surface area contributed by atoms with Gasteiger partial charge in [0.1, 0.15) is 5.69 Å². The third kappa shape index (κ3) is 4.30. The van der Waals surface area contributed by atoms with Gasteiger partial charge in [0.25, 0.3) is 0 Å². The van der Waals surface area contributed by atoms with Gasteiger partial charge in [-0.1, -0.05) is 152 Å². The topological polar surface area (TPSA) is 40.1 Å². The van der Waals surface area contributed by atoms with Crippen LogP contribution in [0.4, 0.5) is 0 Å². The lowest BCUT2D eigenvalue weighted by atomic mass is 10.0. The summed E-state index contributed by atoms with van der Waals surface area (Å²) in [5.41, 5.74) is 12.7. The van der Waals surface area contributed by atoms with Gasteiger partial charge in [-0.15, -0.1) is 0 Å². The van der Waals surface area contributed by atoms with E-state index in [-0.39, 0.29) is 0 Å². The molecule has 15 rings (SSSR count). The lowest BCUT2D eigenvalue weighted by Gasteiger charge is -2.16. The third-order valence-electron chi connectivity index (χ3n) is 13.7. The van der Waals surface area contributed by atoms with Crippen molar-refractivity contribution in [3.8, 4) is 22.8 Å². The Morgan fingerprint density at radius 3 is 1.83 bits per heavy atom. The highest BCUT2D eigenvalue weighted by Crippen LogP contribution is 2.49. The molecule has 0 unspecified atom stereocenters. The second-order valence-corrected chi connectivity index (χ2v) is 16.9. The molecule has 0 amide bonds. The zero-order valence-corrected chi connectivity index (χ0v) is 33.8. The summed E-state index contributed by atoms with van der Waals surface area (Å²) in [6.07, 6.45) is 0. The minimum absolute atomic E-state index is 0.799. The number of fused-ring (bicyclic) bond motifs is 13. The Kier molecular flexibility index (Phi) is 6.36. The summed E-state index contributed by atoms with van der Waals surface area (Å²) in [6, 6.07) is 72.8. The van der Waals surface area contributed by atoms with E-state index in [1.807, 2.05) is 0 Å². The third-order valence-corrected chi connectivity index (χ3v) is 13.7. The Morgan fingerprint density at radius 1 is 0.333 bits per heavy atom. The van der Waals surface area contributed by atoms with Gasteiger partial charge in [0, 0.05) is 54.3 Å². The Hall–Kier alpha value is -8.54. The van der Waals surface area contributed by atoms with Gasteiger partial charge in [0.15, 0.2) is 5.82 Å². The molecule has 0 aliphatic carbocycles. The molecule has 15 aromatic rings. The standard InChI is InChI=1S/C58H33N5/c1-3-16-35(17-4-1)53-58(60-54-39-22-10-9-15-34(39)29-30-46(54)59-53)63-48-28-14-24-41-42-25-13-26-43-44-31-36-18-7-8-19-37(36)32-49(44)62(55(42)43)50-33-45-40-23-11-12-27-47(40)61(38-20-5-2-6-21-38)56(45)57(63)52(50)51(41)48/h1-33H. The van der Waals surface area contributed by atoms with Crippen LogP contribution in [0.3, 0.4) is 0 Å². The van der Waals surface area contributed by atoms with Crippen molar-refractivity contribution in [1.82, 2.24) is 23.5 Å². The first-order valence-electron chi connectivity index (χ1n) is 21.6. The van der Waals surface area contributed by atoms with Crippen molar-refractivity contribution in [2.75, 3.05) is 0 Å². The smallest absolute Gasteiger partial charge is 0.165 e. The molecule has 5 aromatic heterocycles. The second kappa shape index (κ2) is 12.1. The molecule has 0 aliphatic heterocycles. The number of para-hydroxylation sites is 3. The lowest BCUT2D eigenvalue weighted by Crippen LogP contribution is -2.05. The fraction of sp³-hybridized carbons (Fsp3) is 0. The maximum atomic E-state index is 5.83. The fourth-order valence-electron chi connectivity index (χ4n) is 11.1. The van der Waals surface area contributed by atoms with Crippen LogP contribution in [0.5, 0.6) is 0 Å². The first-order chi connectivity index (χ1) is 31.3. The summed E-state index contributed by atoms with van der Waals surface area (Å²) in [7, 11) is 0. The molecule has 5 heterocycles. The summed E-state index contributed by atoms with van der Waals surface area (Å²) in [6.45, 7) is 0. The van der Waals surface area contributed by atoms with E-state index in [0.717, 1.165) is 72.2 Å². The minimum Gasteiger partial charge on any atom is -0.308 e. The van der Waals surface area contributed by atoms with Crippen molar-refractivity contribution in [2.24, 2.45) is 0 Å². The van der Waals surface area contributed by atoms with Crippen LogP contribution in [0.15, 0.2) is 200 Å². The molecule has 63 heavy (non-hydrogen) atoms. The molecular formula is C58H33N5. The van der Waals surface area contributed by atoms with Gasteiger partial charge in [-0.3, -0.25) is 4.57 Å². The van der Waals surface area contributed by atoms with Gasteiger partial charge >= 0.3 is 0 Å². The molecule has 0 saturated heterocycles. The van der Waals surface area contributed by atoms with Crippen molar-refractivity contribution in [3.05, 3.63) is 200 Å². The molecule has 0 radical (unpaired) electrons. The monoisotopic (exact) mass is 799 g/mol. The van der Waals surface area contributed by atoms with Crippen LogP contribution in [0.25, 0.3) is 137 Å².